The second-order valence-corrected chi connectivity index (χ2v) is 6.32. The van der Waals surface area contributed by atoms with Gasteiger partial charge in [-0.15, -0.1) is 0 Å². The highest BCUT2D eigenvalue weighted by Gasteiger charge is 2.21. The molecule has 0 saturated heterocycles. The van der Waals surface area contributed by atoms with Gasteiger partial charge in [-0.3, -0.25) is 9.59 Å². The average Bonchev–Trinajstić information content (AvgIpc) is 3.04. The van der Waals surface area contributed by atoms with Crippen LogP contribution in [0.5, 0.6) is 0 Å². The summed E-state index contributed by atoms with van der Waals surface area (Å²) in [6.07, 6.45) is 0. The summed E-state index contributed by atoms with van der Waals surface area (Å²) >= 11 is 0. The minimum absolute atomic E-state index is 0.0560. The number of rotatable bonds is 9. The highest BCUT2D eigenvalue weighted by molar-refractivity contribution is 5.83. The lowest BCUT2D eigenvalue weighted by atomic mass is 10.2. The molecule has 7 heteroatoms. The molecule has 2 aromatic rings. The number of carbonyl (C=O) groups is 2. The summed E-state index contributed by atoms with van der Waals surface area (Å²) < 4.78 is 23.7. The van der Waals surface area contributed by atoms with Crippen molar-refractivity contribution in [2.75, 3.05) is 26.8 Å². The quantitative estimate of drug-likeness (QED) is 0.675. The van der Waals surface area contributed by atoms with Gasteiger partial charge in [0.1, 0.15) is 17.3 Å². The molecule has 27 heavy (non-hydrogen) atoms. The summed E-state index contributed by atoms with van der Waals surface area (Å²) in [5.41, 5.74) is 0.791. The topological polar surface area (TPSA) is 63.0 Å². The van der Waals surface area contributed by atoms with E-state index in [-0.39, 0.29) is 37.3 Å². The normalized spacial score (nSPS) is 10.7. The molecule has 0 spiro atoms. The lowest BCUT2D eigenvalue weighted by molar-refractivity contribution is -0.140. The highest BCUT2D eigenvalue weighted by atomic mass is 19.1. The third-order valence-corrected chi connectivity index (χ3v) is 4.12. The molecule has 0 radical (unpaired) electrons. The second kappa shape index (κ2) is 9.87. The summed E-state index contributed by atoms with van der Waals surface area (Å²) in [4.78, 5) is 27.7. The molecule has 146 valence electrons. The Morgan fingerprint density at radius 3 is 2.33 bits per heavy atom. The van der Waals surface area contributed by atoms with Crippen LogP contribution in [-0.4, -0.2) is 48.4 Å². The predicted molar refractivity (Wildman–Crippen MR) is 98.2 cm³/mol. The van der Waals surface area contributed by atoms with Crippen molar-refractivity contribution in [2.24, 2.45) is 0 Å². The fraction of sp³-hybridized carbons (Fsp3) is 0.400. The first-order valence-corrected chi connectivity index (χ1v) is 8.71. The van der Waals surface area contributed by atoms with Gasteiger partial charge >= 0.3 is 0 Å². The van der Waals surface area contributed by atoms with Crippen molar-refractivity contribution >= 4 is 11.8 Å². The second-order valence-electron chi connectivity index (χ2n) is 6.32. The maximum atomic E-state index is 13.2. The number of furan rings is 1. The largest absolute Gasteiger partial charge is 0.464 e. The molecule has 6 nitrogen and oxygen atoms in total. The Balaban J connectivity index is 2.14. The molecule has 1 aromatic heterocycles. The third kappa shape index (κ3) is 6.53. The van der Waals surface area contributed by atoms with Gasteiger partial charge in [0, 0.05) is 27.1 Å². The summed E-state index contributed by atoms with van der Waals surface area (Å²) in [6.45, 7) is 4.43. The summed E-state index contributed by atoms with van der Waals surface area (Å²) in [5.74, 6) is 0.648. The van der Waals surface area contributed by atoms with Crippen LogP contribution in [0.2, 0.25) is 0 Å². The van der Waals surface area contributed by atoms with E-state index < -0.39 is 0 Å². The van der Waals surface area contributed by atoms with Crippen molar-refractivity contribution < 1.29 is 23.1 Å². The van der Waals surface area contributed by atoms with E-state index in [0.717, 1.165) is 11.3 Å². The van der Waals surface area contributed by atoms with Crippen molar-refractivity contribution in [3.8, 4) is 0 Å². The summed E-state index contributed by atoms with van der Waals surface area (Å²) in [6, 6.07) is 9.63. The lowest BCUT2D eigenvalue weighted by Gasteiger charge is -2.26. The number of ether oxygens (including phenoxy) is 1. The monoisotopic (exact) mass is 376 g/mol. The molecule has 0 saturated carbocycles. The molecule has 1 heterocycles. The van der Waals surface area contributed by atoms with E-state index in [0.29, 0.717) is 18.9 Å². The van der Waals surface area contributed by atoms with Gasteiger partial charge in [0.2, 0.25) is 11.8 Å². The Morgan fingerprint density at radius 2 is 1.78 bits per heavy atom. The predicted octanol–water partition coefficient (Wildman–Crippen LogP) is 2.75. The number of nitrogens with zero attached hydrogens (tertiary/aromatic N) is 2. The number of methoxy groups -OCH3 is 1. The van der Waals surface area contributed by atoms with E-state index in [1.54, 1.807) is 24.1 Å². The van der Waals surface area contributed by atoms with Gasteiger partial charge in [-0.2, -0.15) is 0 Å². The molecule has 0 unspecified atom stereocenters. The Bertz CT molecular complexity index is 758. The Morgan fingerprint density at radius 1 is 1.07 bits per heavy atom. The first-order chi connectivity index (χ1) is 12.9. The lowest BCUT2D eigenvalue weighted by Crippen LogP contribution is -2.42. The number of amides is 2. The minimum Gasteiger partial charge on any atom is -0.464 e. The van der Waals surface area contributed by atoms with Crippen LogP contribution >= 0.6 is 0 Å². The summed E-state index contributed by atoms with van der Waals surface area (Å²) in [5, 5.41) is 0. The number of carbonyl (C=O) groups excluding carboxylic acids is 2. The Hall–Kier alpha value is -2.67. The molecule has 2 amide bonds. The molecule has 0 aliphatic carbocycles. The molecule has 0 atom stereocenters. The van der Waals surface area contributed by atoms with Crippen LogP contribution in [0.3, 0.4) is 0 Å². The zero-order valence-corrected chi connectivity index (χ0v) is 15.9. The molecular weight excluding hydrogens is 351 g/mol. The van der Waals surface area contributed by atoms with E-state index in [1.807, 2.05) is 19.1 Å². The SMILES string of the molecule is COCCN(CC(=O)N(Cc1ccc(F)cc1)Cc1ccc(C)o1)C(C)=O. The van der Waals surface area contributed by atoms with Crippen LogP contribution in [-0.2, 0) is 27.4 Å². The van der Waals surface area contributed by atoms with Gasteiger partial charge in [0.15, 0.2) is 0 Å². The molecule has 0 aliphatic heterocycles. The van der Waals surface area contributed by atoms with Gasteiger partial charge in [0.25, 0.3) is 0 Å². The smallest absolute Gasteiger partial charge is 0.242 e. The first kappa shape index (κ1) is 20.6. The van der Waals surface area contributed by atoms with Crippen LogP contribution in [0.15, 0.2) is 40.8 Å². The van der Waals surface area contributed by atoms with E-state index in [1.165, 1.54) is 24.0 Å². The third-order valence-electron chi connectivity index (χ3n) is 4.12. The van der Waals surface area contributed by atoms with E-state index >= 15 is 0 Å². The Labute approximate surface area is 158 Å². The molecule has 1 aromatic carbocycles. The van der Waals surface area contributed by atoms with E-state index in [9.17, 15) is 14.0 Å². The van der Waals surface area contributed by atoms with Gasteiger partial charge in [0.05, 0.1) is 19.7 Å². The minimum atomic E-state index is -0.333. The number of hydrogen-bond acceptors (Lipinski definition) is 4. The maximum absolute atomic E-state index is 13.2. The van der Waals surface area contributed by atoms with E-state index in [4.69, 9.17) is 9.15 Å². The zero-order valence-electron chi connectivity index (χ0n) is 15.9. The molecule has 0 fully saturated rings. The van der Waals surface area contributed by atoms with E-state index in [2.05, 4.69) is 0 Å². The highest BCUT2D eigenvalue weighted by Crippen LogP contribution is 2.14. The van der Waals surface area contributed by atoms with Gasteiger partial charge in [-0.25, -0.2) is 4.39 Å². The van der Waals surface area contributed by atoms with Crippen molar-refractivity contribution in [1.82, 2.24) is 9.80 Å². The molecule has 2 rings (SSSR count). The van der Waals surface area contributed by atoms with Crippen molar-refractivity contribution in [3.05, 3.63) is 59.3 Å². The molecule has 0 aliphatic rings. The number of benzene rings is 1. The van der Waals surface area contributed by atoms with Gasteiger partial charge in [-0.1, -0.05) is 12.1 Å². The average molecular weight is 376 g/mol. The molecule has 0 bridgehead atoms. The van der Waals surface area contributed by atoms with Gasteiger partial charge in [-0.05, 0) is 36.8 Å². The fourth-order valence-electron chi connectivity index (χ4n) is 2.61. The number of aryl methyl sites for hydroxylation is 1. The number of hydrogen-bond donors (Lipinski definition) is 0. The molecular formula is C20H25FN2O4. The van der Waals surface area contributed by atoms with Crippen LogP contribution in [0, 0.1) is 12.7 Å². The fourth-order valence-corrected chi connectivity index (χ4v) is 2.61. The van der Waals surface area contributed by atoms with Crippen molar-refractivity contribution in [2.45, 2.75) is 26.9 Å². The number of halogens is 1. The summed E-state index contributed by atoms with van der Waals surface area (Å²) in [7, 11) is 1.54. The van der Waals surface area contributed by atoms with Crippen LogP contribution in [0.4, 0.5) is 4.39 Å². The van der Waals surface area contributed by atoms with Crippen molar-refractivity contribution in [3.63, 3.8) is 0 Å². The van der Waals surface area contributed by atoms with Crippen LogP contribution < -0.4 is 0 Å². The van der Waals surface area contributed by atoms with Crippen molar-refractivity contribution in [1.29, 1.82) is 0 Å². The van der Waals surface area contributed by atoms with Gasteiger partial charge < -0.3 is 19.0 Å². The Kier molecular flexibility index (Phi) is 7.55. The maximum Gasteiger partial charge on any atom is 0.242 e. The first-order valence-electron chi connectivity index (χ1n) is 8.71. The zero-order chi connectivity index (χ0) is 19.8. The molecule has 0 N–H and O–H groups in total. The van der Waals surface area contributed by atoms with Crippen LogP contribution in [0.25, 0.3) is 0 Å². The standard InChI is InChI=1S/C20H25FN2O4/c1-15-4-9-19(27-15)13-23(12-17-5-7-18(21)8-6-17)20(25)14-22(16(2)24)10-11-26-3/h4-9H,10-14H2,1-3H3. The van der Waals surface area contributed by atoms with Crippen LogP contribution in [0.1, 0.15) is 24.0 Å².